The molecule has 1 atom stereocenters. The fraction of sp³-hybridized carbons (Fsp3) is 0.423. The van der Waals surface area contributed by atoms with Gasteiger partial charge in [-0.1, -0.05) is 12.2 Å². The molecule has 2 bridgehead atoms. The lowest BCUT2D eigenvalue weighted by Gasteiger charge is -2.29. The maximum atomic E-state index is 13.1. The van der Waals surface area contributed by atoms with Gasteiger partial charge in [-0.3, -0.25) is 14.2 Å². The van der Waals surface area contributed by atoms with Gasteiger partial charge in [0.15, 0.2) is 0 Å². The van der Waals surface area contributed by atoms with Crippen molar-refractivity contribution in [2.45, 2.75) is 32.6 Å². The van der Waals surface area contributed by atoms with E-state index in [2.05, 4.69) is 41.4 Å². The number of hydrogen-bond donors (Lipinski definition) is 1. The first kappa shape index (κ1) is 19.7. The van der Waals surface area contributed by atoms with E-state index in [1.165, 1.54) is 24.1 Å². The van der Waals surface area contributed by atoms with Crippen LogP contribution < -0.4 is 15.8 Å². The standard InChI is InChI=1S/C26H29N5O/c1-17-12-18-2-3-20(14-22(19-4-5-19)24(13-18)28-17)23-15-26(32)31-16-21(6-7-25(31)29-23)30-10-8-27-9-11-30/h3,6-7,12,14-16,18-19,27H,2,4-5,8-11,13H2,1H3/b20-3+,22-14-. The van der Waals surface area contributed by atoms with Gasteiger partial charge in [-0.25, -0.2) is 4.98 Å². The Morgan fingerprint density at radius 2 is 2.00 bits per heavy atom. The number of pyridine rings is 1. The van der Waals surface area contributed by atoms with Crippen LogP contribution in [0.15, 0.2) is 63.7 Å². The van der Waals surface area contributed by atoms with Crippen LogP contribution in [-0.4, -0.2) is 41.3 Å². The minimum atomic E-state index is -0.0282. The highest BCUT2D eigenvalue weighted by Gasteiger charge is 2.32. The summed E-state index contributed by atoms with van der Waals surface area (Å²) in [6.45, 7) is 5.94. The summed E-state index contributed by atoms with van der Waals surface area (Å²) in [6, 6.07) is 5.76. The average molecular weight is 428 g/mol. The molecule has 2 aliphatic heterocycles. The first-order valence-electron chi connectivity index (χ1n) is 11.8. The lowest BCUT2D eigenvalue weighted by Crippen LogP contribution is -2.43. The Kier molecular flexibility index (Phi) is 4.83. The van der Waals surface area contributed by atoms with Crippen molar-refractivity contribution < 1.29 is 0 Å². The molecular formula is C26H29N5O. The molecule has 4 aliphatic rings. The highest BCUT2D eigenvalue weighted by Crippen LogP contribution is 2.42. The Balaban J connectivity index is 1.40. The average Bonchev–Trinajstić information content (AvgIpc) is 3.63. The molecule has 1 saturated carbocycles. The van der Waals surface area contributed by atoms with Crippen molar-refractivity contribution >= 4 is 22.6 Å². The Labute approximate surface area is 188 Å². The first-order chi connectivity index (χ1) is 15.6. The molecule has 0 radical (unpaired) electrons. The monoisotopic (exact) mass is 427 g/mol. The van der Waals surface area contributed by atoms with Gasteiger partial charge in [0.05, 0.1) is 11.4 Å². The van der Waals surface area contributed by atoms with Crippen molar-refractivity contribution in [3.8, 4) is 0 Å². The van der Waals surface area contributed by atoms with E-state index < -0.39 is 0 Å². The molecular weight excluding hydrogens is 398 g/mol. The van der Waals surface area contributed by atoms with Crippen LogP contribution in [0.2, 0.25) is 0 Å². The lowest BCUT2D eigenvalue weighted by molar-refractivity contribution is 0.588. The number of hydrogen-bond acceptors (Lipinski definition) is 5. The highest BCUT2D eigenvalue weighted by molar-refractivity contribution is 6.04. The summed E-state index contributed by atoms with van der Waals surface area (Å²) in [4.78, 5) is 25.2. The molecule has 164 valence electrons. The number of fused-ring (bicyclic) bond motifs is 3. The van der Waals surface area contributed by atoms with Crippen molar-refractivity contribution in [1.29, 1.82) is 0 Å². The molecule has 32 heavy (non-hydrogen) atoms. The Hall–Kier alpha value is -2.99. The van der Waals surface area contributed by atoms with Gasteiger partial charge in [0.2, 0.25) is 0 Å². The van der Waals surface area contributed by atoms with E-state index >= 15 is 0 Å². The van der Waals surface area contributed by atoms with Crippen molar-refractivity contribution in [3.05, 3.63) is 69.9 Å². The number of aromatic nitrogens is 2. The zero-order valence-corrected chi connectivity index (χ0v) is 18.6. The molecule has 0 aromatic carbocycles. The van der Waals surface area contributed by atoms with Crippen molar-refractivity contribution in [2.75, 3.05) is 31.1 Å². The fourth-order valence-corrected chi connectivity index (χ4v) is 5.14. The number of allylic oxidation sites excluding steroid dienone is 6. The summed E-state index contributed by atoms with van der Waals surface area (Å²) >= 11 is 0. The van der Waals surface area contributed by atoms with E-state index in [0.29, 0.717) is 17.5 Å². The third-order valence-electron chi connectivity index (χ3n) is 6.97. The van der Waals surface area contributed by atoms with Gasteiger partial charge in [-0.05, 0) is 73.8 Å². The number of aliphatic imine (C=N–C) groups is 1. The minimum Gasteiger partial charge on any atom is -0.368 e. The second-order valence-electron chi connectivity index (χ2n) is 9.43. The number of piperazine rings is 1. The van der Waals surface area contributed by atoms with Gasteiger partial charge in [0.1, 0.15) is 5.65 Å². The molecule has 4 heterocycles. The van der Waals surface area contributed by atoms with Gasteiger partial charge in [0, 0.05) is 49.9 Å². The molecule has 6 rings (SSSR count). The summed E-state index contributed by atoms with van der Waals surface area (Å²) in [6.07, 6.45) is 13.2. The Morgan fingerprint density at radius 3 is 2.81 bits per heavy atom. The summed E-state index contributed by atoms with van der Waals surface area (Å²) in [7, 11) is 0. The zero-order chi connectivity index (χ0) is 21.7. The van der Waals surface area contributed by atoms with E-state index in [1.54, 1.807) is 10.5 Å². The molecule has 2 aromatic rings. The van der Waals surface area contributed by atoms with E-state index in [4.69, 9.17) is 9.98 Å². The Morgan fingerprint density at radius 1 is 1.16 bits per heavy atom. The fourth-order valence-electron chi connectivity index (χ4n) is 5.14. The van der Waals surface area contributed by atoms with Crippen LogP contribution in [0.4, 0.5) is 5.69 Å². The lowest BCUT2D eigenvalue weighted by atomic mass is 9.85. The zero-order valence-electron chi connectivity index (χ0n) is 18.6. The number of nitrogens with zero attached hydrogens (tertiary/aromatic N) is 4. The van der Waals surface area contributed by atoms with Crippen LogP contribution in [0, 0.1) is 11.8 Å². The maximum Gasteiger partial charge on any atom is 0.258 e. The second-order valence-corrected chi connectivity index (χ2v) is 9.43. The molecule has 2 aliphatic carbocycles. The molecule has 0 amide bonds. The highest BCUT2D eigenvalue weighted by atomic mass is 16.1. The summed E-state index contributed by atoms with van der Waals surface area (Å²) in [5.74, 6) is 1.08. The van der Waals surface area contributed by atoms with Gasteiger partial charge < -0.3 is 10.2 Å². The van der Waals surface area contributed by atoms with Crippen LogP contribution in [0.3, 0.4) is 0 Å². The van der Waals surface area contributed by atoms with Gasteiger partial charge in [-0.15, -0.1) is 0 Å². The summed E-state index contributed by atoms with van der Waals surface area (Å²) in [5, 5.41) is 3.37. The van der Waals surface area contributed by atoms with Crippen LogP contribution in [0.25, 0.3) is 11.2 Å². The van der Waals surface area contributed by atoms with Crippen molar-refractivity contribution in [3.63, 3.8) is 0 Å². The molecule has 1 unspecified atom stereocenters. The maximum absolute atomic E-state index is 13.1. The van der Waals surface area contributed by atoms with Crippen LogP contribution in [0.1, 0.15) is 38.3 Å². The third-order valence-corrected chi connectivity index (χ3v) is 6.97. The quantitative estimate of drug-likeness (QED) is 0.813. The summed E-state index contributed by atoms with van der Waals surface area (Å²) < 4.78 is 1.68. The number of rotatable bonds is 3. The van der Waals surface area contributed by atoms with E-state index in [0.717, 1.165) is 61.7 Å². The van der Waals surface area contributed by atoms with Crippen molar-refractivity contribution in [2.24, 2.45) is 16.8 Å². The van der Waals surface area contributed by atoms with Crippen LogP contribution in [-0.2, 0) is 0 Å². The molecule has 6 nitrogen and oxygen atoms in total. The molecule has 1 saturated heterocycles. The normalized spacial score (nSPS) is 26.9. The molecule has 0 spiro atoms. The minimum absolute atomic E-state index is 0.0282. The summed E-state index contributed by atoms with van der Waals surface area (Å²) in [5.41, 5.74) is 7.29. The third kappa shape index (κ3) is 3.73. The van der Waals surface area contributed by atoms with Crippen LogP contribution in [0.5, 0.6) is 0 Å². The van der Waals surface area contributed by atoms with Gasteiger partial charge in [0.25, 0.3) is 5.56 Å². The molecule has 2 aromatic heterocycles. The van der Waals surface area contributed by atoms with E-state index in [9.17, 15) is 4.79 Å². The second kappa shape index (κ2) is 7.85. The van der Waals surface area contributed by atoms with Gasteiger partial charge in [-0.2, -0.15) is 0 Å². The largest absolute Gasteiger partial charge is 0.368 e. The SMILES string of the molecule is CC1=CC2C/C=C(c3cc(=O)n4cc(N5CCNCC5)ccc4n3)\C=C(\C3CC3)C(=N1)C2. The van der Waals surface area contributed by atoms with E-state index in [1.807, 2.05) is 12.3 Å². The first-order valence-corrected chi connectivity index (χ1v) is 11.8. The van der Waals surface area contributed by atoms with E-state index in [-0.39, 0.29) is 5.56 Å². The molecule has 6 heteroatoms. The van der Waals surface area contributed by atoms with Gasteiger partial charge >= 0.3 is 0 Å². The topological polar surface area (TPSA) is 62.0 Å². The Bertz CT molecular complexity index is 1250. The van der Waals surface area contributed by atoms with Crippen LogP contribution >= 0.6 is 0 Å². The predicted octanol–water partition coefficient (Wildman–Crippen LogP) is 3.59. The number of anilines is 1. The molecule has 1 N–H and O–H groups in total. The molecule has 2 fully saturated rings. The number of nitrogens with one attached hydrogen (secondary N) is 1. The smallest absolute Gasteiger partial charge is 0.258 e. The van der Waals surface area contributed by atoms with Crippen molar-refractivity contribution in [1.82, 2.24) is 14.7 Å². The predicted molar refractivity (Wildman–Crippen MR) is 129 cm³/mol.